The molecule has 0 atom stereocenters. The van der Waals surface area contributed by atoms with Crippen molar-refractivity contribution in [2.45, 2.75) is 58.5 Å². The summed E-state index contributed by atoms with van der Waals surface area (Å²) in [5.74, 6) is 0.00166. The number of benzene rings is 1. The second-order valence-corrected chi connectivity index (χ2v) is 10.4. The number of hydrogen-bond acceptors (Lipinski definition) is 6. The fraction of sp³-hybridized carbons (Fsp3) is 0.455. The van der Waals surface area contributed by atoms with Crippen LogP contribution < -0.4 is 16.6 Å². The number of rotatable bonds is 7. The predicted octanol–water partition coefficient (Wildman–Crippen LogP) is 3.01. The SMILES string of the molecule is CC(C)CCn1c(O)c(C2=CS(=O)(=O)c3ccccc3N2)c(=O)n(CCC(C)C)c1=O. The molecule has 2 heterocycles. The number of para-hydroxylation sites is 1. The summed E-state index contributed by atoms with van der Waals surface area (Å²) in [6, 6.07) is 6.34. The second-order valence-electron chi connectivity index (χ2n) is 8.65. The maximum absolute atomic E-state index is 13.2. The van der Waals surface area contributed by atoms with Crippen LogP contribution in [0.15, 0.2) is 44.2 Å². The van der Waals surface area contributed by atoms with Gasteiger partial charge in [-0.15, -0.1) is 0 Å². The van der Waals surface area contributed by atoms with Crippen molar-refractivity contribution in [3.05, 3.63) is 56.1 Å². The van der Waals surface area contributed by atoms with Crippen molar-refractivity contribution in [3.63, 3.8) is 0 Å². The van der Waals surface area contributed by atoms with E-state index in [-0.39, 0.29) is 41.1 Å². The highest BCUT2D eigenvalue weighted by Crippen LogP contribution is 2.34. The Hall–Kier alpha value is -2.81. The van der Waals surface area contributed by atoms with Crippen LogP contribution in [-0.4, -0.2) is 22.7 Å². The zero-order chi connectivity index (χ0) is 22.9. The Morgan fingerprint density at radius 1 is 0.968 bits per heavy atom. The highest BCUT2D eigenvalue weighted by molar-refractivity contribution is 7.94. The van der Waals surface area contributed by atoms with E-state index in [0.717, 1.165) is 14.5 Å². The van der Waals surface area contributed by atoms with Crippen molar-refractivity contribution in [1.29, 1.82) is 0 Å². The average Bonchev–Trinajstić information content (AvgIpc) is 2.67. The van der Waals surface area contributed by atoms with Crippen molar-refractivity contribution in [1.82, 2.24) is 9.13 Å². The molecule has 2 aromatic rings. The molecule has 1 aromatic heterocycles. The van der Waals surface area contributed by atoms with E-state index in [4.69, 9.17) is 0 Å². The quantitative estimate of drug-likeness (QED) is 0.675. The van der Waals surface area contributed by atoms with Crippen LogP contribution in [0, 0.1) is 11.8 Å². The van der Waals surface area contributed by atoms with Gasteiger partial charge in [0, 0.05) is 13.1 Å². The van der Waals surface area contributed by atoms with Crippen LogP contribution in [0.1, 0.15) is 46.1 Å². The Labute approximate surface area is 181 Å². The van der Waals surface area contributed by atoms with E-state index < -0.39 is 27.0 Å². The first-order valence-electron chi connectivity index (χ1n) is 10.4. The number of fused-ring (bicyclic) bond motifs is 1. The van der Waals surface area contributed by atoms with Crippen LogP contribution in [0.4, 0.5) is 5.69 Å². The Morgan fingerprint density at radius 2 is 1.55 bits per heavy atom. The standard InChI is InChI=1S/C22H29N3O5S/c1-14(2)9-11-24-20(26)19(21(27)25(22(24)28)12-10-15(3)4)17-13-31(29,30)18-8-6-5-7-16(18)23-17/h5-8,13-15,23,26H,9-12H2,1-4H3. The number of aromatic nitrogens is 2. The topological polar surface area (TPSA) is 110 Å². The molecule has 0 saturated carbocycles. The Bertz CT molecular complexity index is 1240. The van der Waals surface area contributed by atoms with Crippen molar-refractivity contribution in [2.75, 3.05) is 5.32 Å². The van der Waals surface area contributed by atoms with E-state index >= 15 is 0 Å². The van der Waals surface area contributed by atoms with Gasteiger partial charge in [-0.2, -0.15) is 0 Å². The summed E-state index contributed by atoms with van der Waals surface area (Å²) in [4.78, 5) is 26.3. The molecule has 0 aliphatic carbocycles. The van der Waals surface area contributed by atoms with Gasteiger partial charge in [-0.05, 0) is 36.8 Å². The summed E-state index contributed by atoms with van der Waals surface area (Å²) >= 11 is 0. The molecule has 0 radical (unpaired) electrons. The largest absolute Gasteiger partial charge is 0.494 e. The molecule has 9 heteroatoms. The van der Waals surface area contributed by atoms with Gasteiger partial charge in [0.1, 0.15) is 5.56 Å². The van der Waals surface area contributed by atoms with E-state index in [9.17, 15) is 23.1 Å². The first-order valence-corrected chi connectivity index (χ1v) is 12.0. The lowest BCUT2D eigenvalue weighted by Crippen LogP contribution is -2.42. The third kappa shape index (κ3) is 4.61. The Morgan fingerprint density at radius 3 is 2.16 bits per heavy atom. The first-order chi connectivity index (χ1) is 14.5. The summed E-state index contributed by atoms with van der Waals surface area (Å²) in [7, 11) is -3.83. The third-order valence-electron chi connectivity index (χ3n) is 5.27. The van der Waals surface area contributed by atoms with Gasteiger partial charge < -0.3 is 10.4 Å². The number of hydrogen-bond donors (Lipinski definition) is 2. The molecule has 0 amide bonds. The molecule has 31 heavy (non-hydrogen) atoms. The van der Waals surface area contributed by atoms with Crippen molar-refractivity contribution in [2.24, 2.45) is 11.8 Å². The highest BCUT2D eigenvalue weighted by Gasteiger charge is 2.29. The van der Waals surface area contributed by atoms with Gasteiger partial charge in [0.25, 0.3) is 5.56 Å². The molecule has 3 rings (SSSR count). The van der Waals surface area contributed by atoms with Crippen LogP contribution in [-0.2, 0) is 22.9 Å². The Balaban J connectivity index is 2.23. The predicted molar refractivity (Wildman–Crippen MR) is 121 cm³/mol. The van der Waals surface area contributed by atoms with Crippen molar-refractivity contribution in [3.8, 4) is 5.88 Å². The molecule has 0 spiro atoms. The normalized spacial score (nSPS) is 15.0. The summed E-state index contributed by atoms with van der Waals surface area (Å²) < 4.78 is 27.8. The van der Waals surface area contributed by atoms with E-state index in [1.807, 2.05) is 27.7 Å². The minimum atomic E-state index is -3.83. The summed E-state index contributed by atoms with van der Waals surface area (Å²) in [6.45, 7) is 8.35. The van der Waals surface area contributed by atoms with Crippen molar-refractivity contribution < 1.29 is 13.5 Å². The molecule has 0 fully saturated rings. The molecule has 0 unspecified atom stereocenters. The van der Waals surface area contributed by atoms with E-state index in [1.165, 1.54) is 6.07 Å². The zero-order valence-corrected chi connectivity index (χ0v) is 19.1. The molecular formula is C22H29N3O5S. The van der Waals surface area contributed by atoms with Gasteiger partial charge >= 0.3 is 5.69 Å². The molecule has 1 aliphatic heterocycles. The first kappa shape index (κ1) is 22.9. The smallest absolute Gasteiger partial charge is 0.333 e. The van der Waals surface area contributed by atoms with Gasteiger partial charge in [-0.3, -0.25) is 13.9 Å². The molecule has 8 nitrogen and oxygen atoms in total. The number of anilines is 1. The van der Waals surface area contributed by atoms with Gasteiger partial charge in [0.15, 0.2) is 0 Å². The van der Waals surface area contributed by atoms with Gasteiger partial charge in [-0.25, -0.2) is 13.2 Å². The van der Waals surface area contributed by atoms with Crippen LogP contribution >= 0.6 is 0 Å². The molecule has 168 valence electrons. The molecular weight excluding hydrogens is 418 g/mol. The van der Waals surface area contributed by atoms with Crippen molar-refractivity contribution >= 4 is 21.2 Å². The lowest BCUT2D eigenvalue weighted by atomic mass is 10.1. The number of nitrogens with zero attached hydrogens (tertiary/aromatic N) is 2. The highest BCUT2D eigenvalue weighted by atomic mass is 32.2. The Kier molecular flexibility index (Phi) is 6.45. The maximum atomic E-state index is 13.2. The second kappa shape index (κ2) is 8.74. The lowest BCUT2D eigenvalue weighted by molar-refractivity contribution is 0.366. The summed E-state index contributed by atoms with van der Waals surface area (Å²) in [5.41, 5.74) is -1.25. The van der Waals surface area contributed by atoms with Gasteiger partial charge in [0.2, 0.25) is 15.7 Å². The third-order valence-corrected chi connectivity index (χ3v) is 6.78. The van der Waals surface area contributed by atoms with E-state index in [0.29, 0.717) is 18.5 Å². The van der Waals surface area contributed by atoms with Gasteiger partial charge in [0.05, 0.1) is 21.7 Å². The minimum Gasteiger partial charge on any atom is -0.494 e. The lowest BCUT2D eigenvalue weighted by Gasteiger charge is -2.22. The number of sulfone groups is 1. The van der Waals surface area contributed by atoms with Crippen LogP contribution in [0.25, 0.3) is 5.70 Å². The van der Waals surface area contributed by atoms with Crippen LogP contribution in [0.2, 0.25) is 0 Å². The molecule has 1 aliphatic rings. The monoisotopic (exact) mass is 447 g/mol. The number of aromatic hydroxyl groups is 1. The molecule has 0 saturated heterocycles. The van der Waals surface area contributed by atoms with Crippen LogP contribution in [0.5, 0.6) is 5.88 Å². The zero-order valence-electron chi connectivity index (χ0n) is 18.3. The van der Waals surface area contributed by atoms with E-state index in [1.54, 1.807) is 18.2 Å². The molecule has 0 bridgehead atoms. The summed E-state index contributed by atoms with van der Waals surface area (Å²) in [6.07, 6.45) is 1.21. The molecule has 2 N–H and O–H groups in total. The molecule has 1 aromatic carbocycles. The fourth-order valence-electron chi connectivity index (χ4n) is 3.43. The van der Waals surface area contributed by atoms with Crippen LogP contribution in [0.3, 0.4) is 0 Å². The maximum Gasteiger partial charge on any atom is 0.333 e. The number of nitrogens with one attached hydrogen (secondary N) is 1. The average molecular weight is 448 g/mol. The fourth-order valence-corrected chi connectivity index (χ4v) is 4.74. The van der Waals surface area contributed by atoms with Gasteiger partial charge in [-0.1, -0.05) is 39.8 Å². The van der Waals surface area contributed by atoms with E-state index in [2.05, 4.69) is 5.32 Å². The summed E-state index contributed by atoms with van der Waals surface area (Å²) in [5, 5.41) is 14.8. The minimum absolute atomic E-state index is 0.0437.